The van der Waals surface area contributed by atoms with Crippen LogP contribution in [0.4, 0.5) is 0 Å². The summed E-state index contributed by atoms with van der Waals surface area (Å²) in [5.74, 6) is -0.538. The number of benzene rings is 2. The van der Waals surface area contributed by atoms with E-state index in [2.05, 4.69) is 20.2 Å². The van der Waals surface area contributed by atoms with Crippen LogP contribution in [0.2, 0.25) is 0 Å². The minimum Gasteiger partial charge on any atom is -0.454 e. The van der Waals surface area contributed by atoms with Gasteiger partial charge in [0.2, 0.25) is 0 Å². The minimum absolute atomic E-state index is 0.0279. The van der Waals surface area contributed by atoms with Gasteiger partial charge in [-0.1, -0.05) is 30.3 Å². The van der Waals surface area contributed by atoms with Gasteiger partial charge >= 0.3 is 5.97 Å². The Labute approximate surface area is 155 Å². The van der Waals surface area contributed by atoms with Gasteiger partial charge in [-0.25, -0.2) is 14.8 Å². The first-order valence-corrected chi connectivity index (χ1v) is 8.50. The van der Waals surface area contributed by atoms with Crippen molar-refractivity contribution in [3.63, 3.8) is 0 Å². The fraction of sp³-hybridized carbons (Fsp3) is 0.150. The second-order valence-corrected chi connectivity index (χ2v) is 6.08. The van der Waals surface area contributed by atoms with Crippen LogP contribution in [-0.4, -0.2) is 30.9 Å². The van der Waals surface area contributed by atoms with Crippen molar-refractivity contribution < 1.29 is 9.53 Å². The molecule has 0 atom stereocenters. The molecule has 0 bridgehead atoms. The number of fused-ring (bicyclic) bond motifs is 1. The maximum atomic E-state index is 12.5. The van der Waals surface area contributed by atoms with Gasteiger partial charge in [0.1, 0.15) is 6.61 Å². The third-order valence-corrected chi connectivity index (χ3v) is 4.15. The van der Waals surface area contributed by atoms with E-state index in [1.54, 1.807) is 6.92 Å². The molecular formula is C20H17N5O2. The molecule has 0 fully saturated rings. The molecule has 2 aromatic carbocycles. The molecule has 7 heteroatoms. The van der Waals surface area contributed by atoms with E-state index in [-0.39, 0.29) is 12.3 Å². The Balaban J connectivity index is 1.53. The molecule has 0 aliphatic heterocycles. The quantitative estimate of drug-likeness (QED) is 0.521. The Bertz CT molecular complexity index is 1120. The maximum absolute atomic E-state index is 12.5. The zero-order valence-corrected chi connectivity index (χ0v) is 15.0. The Morgan fingerprint density at radius 3 is 2.30 bits per heavy atom. The summed E-state index contributed by atoms with van der Waals surface area (Å²) in [5, 5.41) is 8.55. The maximum Gasteiger partial charge on any atom is 0.361 e. The molecule has 0 radical (unpaired) electrons. The lowest BCUT2D eigenvalue weighted by Crippen LogP contribution is -2.10. The highest BCUT2D eigenvalue weighted by Gasteiger charge is 2.19. The van der Waals surface area contributed by atoms with Crippen LogP contribution in [0.15, 0.2) is 54.6 Å². The highest BCUT2D eigenvalue weighted by Crippen LogP contribution is 2.14. The van der Waals surface area contributed by atoms with Crippen LogP contribution in [0, 0.1) is 13.8 Å². The van der Waals surface area contributed by atoms with Crippen molar-refractivity contribution in [2.75, 3.05) is 0 Å². The first kappa shape index (κ1) is 16.8. The van der Waals surface area contributed by atoms with E-state index in [1.165, 1.54) is 4.80 Å². The summed E-state index contributed by atoms with van der Waals surface area (Å²) >= 11 is 0. The van der Waals surface area contributed by atoms with Gasteiger partial charge in [-0.2, -0.15) is 9.90 Å². The molecule has 4 aromatic rings. The molecule has 0 N–H and O–H groups in total. The van der Waals surface area contributed by atoms with Crippen LogP contribution >= 0.6 is 0 Å². The molecule has 0 saturated heterocycles. The summed E-state index contributed by atoms with van der Waals surface area (Å²) in [5.41, 5.74) is 4.39. The van der Waals surface area contributed by atoms with E-state index < -0.39 is 5.97 Å². The fourth-order valence-electron chi connectivity index (χ4n) is 2.71. The molecule has 2 heterocycles. The van der Waals surface area contributed by atoms with Gasteiger partial charge in [-0.3, -0.25) is 0 Å². The van der Waals surface area contributed by atoms with Crippen LogP contribution in [0.5, 0.6) is 0 Å². The Morgan fingerprint density at radius 1 is 0.889 bits per heavy atom. The van der Waals surface area contributed by atoms with E-state index in [0.29, 0.717) is 11.4 Å². The number of esters is 1. The van der Waals surface area contributed by atoms with E-state index in [1.807, 2.05) is 61.5 Å². The van der Waals surface area contributed by atoms with Crippen molar-refractivity contribution in [2.45, 2.75) is 20.5 Å². The molecule has 134 valence electrons. The molecule has 0 aliphatic rings. The molecule has 0 aliphatic carbocycles. The van der Waals surface area contributed by atoms with Crippen molar-refractivity contribution in [3.8, 4) is 5.69 Å². The summed E-state index contributed by atoms with van der Waals surface area (Å²) < 4.78 is 5.42. The zero-order chi connectivity index (χ0) is 18.8. The van der Waals surface area contributed by atoms with Gasteiger partial charge in [0.15, 0.2) is 5.69 Å². The largest absolute Gasteiger partial charge is 0.454 e. The van der Waals surface area contributed by atoms with Gasteiger partial charge in [-0.05, 0) is 38.1 Å². The number of carbonyl (C=O) groups excluding carboxylic acids is 1. The number of aryl methyl sites for hydroxylation is 2. The molecule has 0 amide bonds. The monoisotopic (exact) mass is 359 g/mol. The van der Waals surface area contributed by atoms with Gasteiger partial charge in [0.25, 0.3) is 0 Å². The fourth-order valence-corrected chi connectivity index (χ4v) is 2.71. The number of carbonyl (C=O) groups is 1. The van der Waals surface area contributed by atoms with E-state index in [4.69, 9.17) is 4.74 Å². The number of hydrogen-bond acceptors (Lipinski definition) is 6. The smallest absolute Gasteiger partial charge is 0.361 e. The van der Waals surface area contributed by atoms with Gasteiger partial charge in [-0.15, -0.1) is 5.10 Å². The third-order valence-electron chi connectivity index (χ3n) is 4.15. The lowest BCUT2D eigenvalue weighted by molar-refractivity contribution is 0.0458. The lowest BCUT2D eigenvalue weighted by atomic mass is 10.2. The number of ether oxygens (including phenoxy) is 1. The molecule has 27 heavy (non-hydrogen) atoms. The van der Waals surface area contributed by atoms with Gasteiger partial charge in [0.05, 0.1) is 33.8 Å². The second-order valence-electron chi connectivity index (χ2n) is 6.08. The predicted molar refractivity (Wildman–Crippen MR) is 99.5 cm³/mol. The van der Waals surface area contributed by atoms with Crippen LogP contribution < -0.4 is 0 Å². The number of nitrogens with zero attached hydrogens (tertiary/aromatic N) is 5. The number of rotatable bonds is 4. The van der Waals surface area contributed by atoms with E-state index in [9.17, 15) is 4.79 Å². The Kier molecular flexibility index (Phi) is 4.33. The summed E-state index contributed by atoms with van der Waals surface area (Å²) in [7, 11) is 0. The molecule has 2 aromatic heterocycles. The van der Waals surface area contributed by atoms with E-state index in [0.717, 1.165) is 22.4 Å². The summed E-state index contributed by atoms with van der Waals surface area (Å²) in [6.07, 6.45) is 0. The molecule has 0 spiro atoms. The van der Waals surface area contributed by atoms with Crippen LogP contribution in [0.3, 0.4) is 0 Å². The van der Waals surface area contributed by atoms with Crippen molar-refractivity contribution in [2.24, 2.45) is 0 Å². The number of para-hydroxylation sites is 3. The average molecular weight is 359 g/mol. The summed E-state index contributed by atoms with van der Waals surface area (Å²) in [6, 6.07) is 17.0. The molecule has 4 rings (SSSR count). The highest BCUT2D eigenvalue weighted by molar-refractivity contribution is 5.88. The first-order valence-electron chi connectivity index (χ1n) is 8.50. The first-order chi connectivity index (χ1) is 13.1. The van der Waals surface area contributed by atoms with Crippen molar-refractivity contribution in [3.05, 3.63) is 77.4 Å². The topological polar surface area (TPSA) is 82.8 Å². The average Bonchev–Trinajstić information content (AvgIpc) is 3.08. The molecule has 0 saturated carbocycles. The number of hydrogen-bond donors (Lipinski definition) is 0. The highest BCUT2D eigenvalue weighted by atomic mass is 16.5. The molecule has 7 nitrogen and oxygen atoms in total. The van der Waals surface area contributed by atoms with Gasteiger partial charge < -0.3 is 4.74 Å². The normalized spacial score (nSPS) is 10.9. The standard InChI is InChI=1S/C20H17N5O2/c1-13-18(22-17-11-7-6-10-16(17)21-13)12-27-20(26)19-14(2)23-25(24-19)15-8-4-3-5-9-15/h3-11H,12H2,1-2H3. The lowest BCUT2D eigenvalue weighted by Gasteiger charge is -2.07. The zero-order valence-electron chi connectivity index (χ0n) is 15.0. The van der Waals surface area contributed by atoms with Gasteiger partial charge in [0, 0.05) is 0 Å². The Morgan fingerprint density at radius 2 is 1.56 bits per heavy atom. The van der Waals surface area contributed by atoms with Crippen molar-refractivity contribution in [1.29, 1.82) is 0 Å². The SMILES string of the molecule is Cc1nc2ccccc2nc1COC(=O)c1nn(-c2ccccc2)nc1C. The predicted octanol–water partition coefficient (Wildman–Crippen LogP) is 3.18. The summed E-state index contributed by atoms with van der Waals surface area (Å²) in [6.45, 7) is 3.60. The Hall–Kier alpha value is -3.61. The molecular weight excluding hydrogens is 342 g/mol. The van der Waals surface area contributed by atoms with Crippen LogP contribution in [-0.2, 0) is 11.3 Å². The minimum atomic E-state index is -0.538. The number of aromatic nitrogens is 5. The third kappa shape index (κ3) is 3.39. The van der Waals surface area contributed by atoms with Crippen molar-refractivity contribution in [1.82, 2.24) is 25.0 Å². The van der Waals surface area contributed by atoms with Crippen molar-refractivity contribution >= 4 is 17.0 Å². The van der Waals surface area contributed by atoms with Crippen LogP contribution in [0.1, 0.15) is 27.6 Å². The summed E-state index contributed by atoms with van der Waals surface area (Å²) in [4.78, 5) is 22.9. The molecule has 0 unspecified atom stereocenters. The second kappa shape index (κ2) is 6.95. The van der Waals surface area contributed by atoms with E-state index >= 15 is 0 Å². The van der Waals surface area contributed by atoms with Crippen LogP contribution in [0.25, 0.3) is 16.7 Å².